The average Bonchev–Trinajstić information content (AvgIpc) is 2.92. The second-order valence-corrected chi connectivity index (χ2v) is 9.98. The molecule has 1 aliphatic carbocycles. The molecule has 1 aromatic carbocycles. The number of nitrogens with zero attached hydrogens (tertiary/aromatic N) is 3. The van der Waals surface area contributed by atoms with Gasteiger partial charge in [0.1, 0.15) is 5.84 Å². The molecule has 0 radical (unpaired) electrons. The number of nitrogen functional groups attached to an aromatic ring is 1. The van der Waals surface area contributed by atoms with Crippen LogP contribution in [0.15, 0.2) is 24.3 Å². The Balaban J connectivity index is 0.00000380. The van der Waals surface area contributed by atoms with Crippen LogP contribution in [0.2, 0.25) is 0 Å². The molecule has 1 saturated carbocycles. The first-order valence-corrected chi connectivity index (χ1v) is 13.1. The molecule has 2 aliphatic heterocycles. The number of amidine groups is 1. The highest BCUT2D eigenvalue weighted by Crippen LogP contribution is 2.26. The molecule has 10 nitrogen and oxygen atoms in total. The van der Waals surface area contributed by atoms with Crippen LogP contribution in [0.25, 0.3) is 0 Å². The van der Waals surface area contributed by atoms with Gasteiger partial charge in [0.2, 0.25) is 0 Å². The summed E-state index contributed by atoms with van der Waals surface area (Å²) in [7, 11) is 0. The molecule has 0 aromatic heterocycles. The van der Waals surface area contributed by atoms with E-state index in [1.54, 1.807) is 4.90 Å². The first kappa shape index (κ1) is 28.6. The van der Waals surface area contributed by atoms with E-state index in [4.69, 9.17) is 15.9 Å². The van der Waals surface area contributed by atoms with Gasteiger partial charge in [0.05, 0.1) is 5.92 Å². The molecule has 2 saturated heterocycles. The zero-order valence-electron chi connectivity index (χ0n) is 21.3. The summed E-state index contributed by atoms with van der Waals surface area (Å²) in [6.07, 6.45) is 5.96. The fraction of sp³-hybridized carbons (Fsp3) is 0.615. The van der Waals surface area contributed by atoms with Crippen LogP contribution in [-0.2, 0) is 14.3 Å². The van der Waals surface area contributed by atoms with Gasteiger partial charge in [-0.25, -0.2) is 4.79 Å². The van der Waals surface area contributed by atoms with Crippen LogP contribution >= 0.6 is 12.4 Å². The van der Waals surface area contributed by atoms with Gasteiger partial charge in [0.25, 0.3) is 5.91 Å². The number of halogens is 1. The molecule has 204 valence electrons. The maximum absolute atomic E-state index is 12.8. The molecule has 3 fully saturated rings. The summed E-state index contributed by atoms with van der Waals surface area (Å²) < 4.78 is 5.33. The summed E-state index contributed by atoms with van der Waals surface area (Å²) in [6.45, 7) is 4.08. The minimum atomic E-state index is -0.294. The number of piperazine rings is 1. The van der Waals surface area contributed by atoms with Crippen molar-refractivity contribution in [1.82, 2.24) is 15.1 Å². The summed E-state index contributed by atoms with van der Waals surface area (Å²) >= 11 is 0. The smallest absolute Gasteiger partial charge is 0.317 e. The van der Waals surface area contributed by atoms with Gasteiger partial charge in [0.15, 0.2) is 6.61 Å². The van der Waals surface area contributed by atoms with Crippen molar-refractivity contribution in [3.05, 3.63) is 29.8 Å². The highest BCUT2D eigenvalue weighted by Gasteiger charge is 2.30. The van der Waals surface area contributed by atoms with E-state index in [0.29, 0.717) is 31.5 Å². The molecule has 0 atom stereocenters. The SMILES string of the molecule is Cl.N=C(N)c1ccc(N2CCN(C(=O)N[C@H]3CC[C@H](C(=O)OCC(=O)N4CCCCC4)CC3)CC2)cc1. The molecular formula is C26H39ClN6O4. The zero-order chi connectivity index (χ0) is 25.5. The van der Waals surface area contributed by atoms with Crippen molar-refractivity contribution < 1.29 is 19.1 Å². The predicted octanol–water partition coefficient (Wildman–Crippen LogP) is 2.34. The quantitative estimate of drug-likeness (QED) is 0.291. The third-order valence-corrected chi connectivity index (χ3v) is 7.55. The molecule has 0 unspecified atom stereocenters. The van der Waals surface area contributed by atoms with Gasteiger partial charge in [-0.1, -0.05) is 0 Å². The van der Waals surface area contributed by atoms with Gasteiger partial charge in [0, 0.05) is 56.6 Å². The standard InChI is InChI=1S/C26H38N6O4.ClH/c27-24(28)19-6-10-22(11-7-19)30-14-16-32(17-15-30)26(35)29-21-8-4-20(5-9-21)25(34)36-18-23(33)31-12-2-1-3-13-31;/h6-7,10-11,20-21H,1-5,8-9,12-18H2,(H3,27,28)(H,29,35);1H/t20-,21-;. The lowest BCUT2D eigenvalue weighted by atomic mass is 9.86. The molecule has 0 bridgehead atoms. The van der Waals surface area contributed by atoms with Gasteiger partial charge < -0.3 is 30.5 Å². The van der Waals surface area contributed by atoms with E-state index in [1.807, 2.05) is 29.2 Å². The maximum atomic E-state index is 12.8. The number of carbonyl (C=O) groups excluding carboxylic acids is 3. The second-order valence-electron chi connectivity index (χ2n) is 9.98. The van der Waals surface area contributed by atoms with Crippen molar-refractivity contribution in [3.63, 3.8) is 0 Å². The number of esters is 1. The van der Waals surface area contributed by atoms with E-state index < -0.39 is 0 Å². The van der Waals surface area contributed by atoms with Gasteiger partial charge in [-0.2, -0.15) is 0 Å². The number of hydrogen-bond acceptors (Lipinski definition) is 6. The van der Waals surface area contributed by atoms with E-state index in [9.17, 15) is 14.4 Å². The van der Waals surface area contributed by atoms with Gasteiger partial charge in [-0.3, -0.25) is 15.0 Å². The van der Waals surface area contributed by atoms with Crippen LogP contribution in [0.3, 0.4) is 0 Å². The lowest BCUT2D eigenvalue weighted by Gasteiger charge is -2.37. The van der Waals surface area contributed by atoms with Crippen molar-refractivity contribution in [2.75, 3.05) is 50.8 Å². The number of likely N-dealkylation sites (tertiary alicyclic amines) is 1. The van der Waals surface area contributed by atoms with Gasteiger partial charge >= 0.3 is 12.0 Å². The molecule has 4 N–H and O–H groups in total. The summed E-state index contributed by atoms with van der Waals surface area (Å²) in [6, 6.07) is 7.59. The Morgan fingerprint density at radius 3 is 2.11 bits per heavy atom. The van der Waals surface area contributed by atoms with Crippen molar-refractivity contribution in [1.29, 1.82) is 5.41 Å². The number of benzene rings is 1. The molecule has 11 heteroatoms. The number of nitrogens with two attached hydrogens (primary N) is 1. The number of nitrogens with one attached hydrogen (secondary N) is 2. The number of ether oxygens (including phenoxy) is 1. The Hall–Kier alpha value is -3.01. The monoisotopic (exact) mass is 534 g/mol. The average molecular weight is 535 g/mol. The lowest BCUT2D eigenvalue weighted by molar-refractivity contribution is -0.156. The van der Waals surface area contributed by atoms with E-state index in [-0.39, 0.29) is 54.7 Å². The molecule has 2 heterocycles. The van der Waals surface area contributed by atoms with Crippen molar-refractivity contribution in [3.8, 4) is 0 Å². The Morgan fingerprint density at radius 2 is 1.51 bits per heavy atom. The fourth-order valence-corrected chi connectivity index (χ4v) is 5.24. The third-order valence-electron chi connectivity index (χ3n) is 7.55. The van der Waals surface area contributed by atoms with E-state index in [1.165, 1.54) is 0 Å². The number of amides is 3. The van der Waals surface area contributed by atoms with Crippen molar-refractivity contribution >= 4 is 41.8 Å². The minimum Gasteiger partial charge on any atom is -0.455 e. The van der Waals surface area contributed by atoms with Crippen molar-refractivity contribution in [2.24, 2.45) is 11.7 Å². The molecule has 4 rings (SSSR count). The third kappa shape index (κ3) is 7.74. The minimum absolute atomic E-state index is 0. The number of piperidine rings is 1. The summed E-state index contributed by atoms with van der Waals surface area (Å²) in [4.78, 5) is 43.3. The van der Waals surface area contributed by atoms with Crippen LogP contribution in [0.4, 0.5) is 10.5 Å². The van der Waals surface area contributed by atoms with Crippen LogP contribution in [0.5, 0.6) is 0 Å². The van der Waals surface area contributed by atoms with Crippen LogP contribution < -0.4 is 16.0 Å². The molecule has 3 amide bonds. The second kappa shape index (κ2) is 13.5. The largest absolute Gasteiger partial charge is 0.455 e. The first-order chi connectivity index (χ1) is 17.4. The Bertz CT molecular complexity index is 937. The molecular weight excluding hydrogens is 496 g/mol. The predicted molar refractivity (Wildman–Crippen MR) is 144 cm³/mol. The highest BCUT2D eigenvalue weighted by atomic mass is 35.5. The zero-order valence-corrected chi connectivity index (χ0v) is 22.1. The number of hydrogen-bond donors (Lipinski definition) is 3. The number of rotatable bonds is 6. The maximum Gasteiger partial charge on any atom is 0.317 e. The van der Waals surface area contributed by atoms with E-state index in [2.05, 4.69) is 10.2 Å². The Labute approximate surface area is 224 Å². The molecule has 0 spiro atoms. The van der Waals surface area contributed by atoms with E-state index in [0.717, 1.165) is 64.0 Å². The Morgan fingerprint density at radius 1 is 0.892 bits per heavy atom. The first-order valence-electron chi connectivity index (χ1n) is 13.1. The van der Waals surface area contributed by atoms with Crippen LogP contribution in [-0.4, -0.2) is 85.5 Å². The topological polar surface area (TPSA) is 132 Å². The summed E-state index contributed by atoms with van der Waals surface area (Å²) in [5.41, 5.74) is 7.28. The highest BCUT2D eigenvalue weighted by molar-refractivity contribution is 5.95. The van der Waals surface area contributed by atoms with E-state index >= 15 is 0 Å². The van der Waals surface area contributed by atoms with Gasteiger partial charge in [-0.15, -0.1) is 12.4 Å². The van der Waals surface area contributed by atoms with Crippen LogP contribution in [0, 0.1) is 11.3 Å². The fourth-order valence-electron chi connectivity index (χ4n) is 5.24. The summed E-state index contributed by atoms with van der Waals surface area (Å²) in [5.74, 6) is -0.545. The number of carbonyl (C=O) groups is 3. The molecule has 37 heavy (non-hydrogen) atoms. The van der Waals surface area contributed by atoms with Gasteiger partial charge in [-0.05, 0) is 69.2 Å². The molecule has 3 aliphatic rings. The summed E-state index contributed by atoms with van der Waals surface area (Å²) in [5, 5.41) is 10.6. The number of urea groups is 1. The lowest BCUT2D eigenvalue weighted by Crippen LogP contribution is -2.54. The number of anilines is 1. The molecule has 1 aromatic rings. The Kier molecular flexibility index (Phi) is 10.4. The van der Waals surface area contributed by atoms with Crippen molar-refractivity contribution in [2.45, 2.75) is 51.0 Å². The van der Waals surface area contributed by atoms with Crippen LogP contribution in [0.1, 0.15) is 50.5 Å². The normalized spacial score (nSPS) is 22.0.